The van der Waals surface area contributed by atoms with Crippen molar-refractivity contribution in [2.45, 2.75) is 49.7 Å². The molecule has 0 spiro atoms. The molecule has 2 N–H and O–H groups in total. The molecule has 0 bridgehead atoms. The maximum atomic E-state index is 13.7. The third-order valence-electron chi connectivity index (χ3n) is 5.20. The van der Waals surface area contributed by atoms with Crippen LogP contribution in [-0.2, 0) is 6.18 Å². The summed E-state index contributed by atoms with van der Waals surface area (Å²) in [6, 6.07) is 5.91. The van der Waals surface area contributed by atoms with Gasteiger partial charge in [0.25, 0.3) is 5.91 Å². The molecule has 3 rings (SSSR count). The highest BCUT2D eigenvalue weighted by Crippen LogP contribution is 2.41. The molecule has 0 aliphatic heterocycles. The second-order valence-electron chi connectivity index (χ2n) is 7.25. The Kier molecular flexibility index (Phi) is 6.60. The van der Waals surface area contributed by atoms with Crippen LogP contribution in [0.25, 0.3) is 0 Å². The molecule has 1 fully saturated rings. The van der Waals surface area contributed by atoms with Crippen LogP contribution in [0, 0.1) is 0 Å². The minimum absolute atomic E-state index is 0.0439. The monoisotopic (exact) mass is 464 g/mol. The zero-order chi connectivity index (χ0) is 22.1. The predicted octanol–water partition coefficient (Wildman–Crippen LogP) is 5.52. The van der Waals surface area contributed by atoms with Crippen molar-refractivity contribution in [3.05, 3.63) is 63.4 Å². The number of carbonyl (C=O) groups is 1. The topological polar surface area (TPSA) is 62.2 Å². The van der Waals surface area contributed by atoms with Crippen molar-refractivity contribution >= 4 is 29.1 Å². The van der Waals surface area contributed by atoms with Crippen LogP contribution in [0.3, 0.4) is 0 Å². The van der Waals surface area contributed by atoms with Crippen molar-refractivity contribution in [3.63, 3.8) is 0 Å². The van der Waals surface area contributed by atoms with Crippen molar-refractivity contribution in [3.8, 4) is 0 Å². The highest BCUT2D eigenvalue weighted by molar-refractivity contribution is 6.33. The Bertz CT molecular complexity index is 931. The summed E-state index contributed by atoms with van der Waals surface area (Å²) in [6.45, 7) is 0. The van der Waals surface area contributed by atoms with Crippen LogP contribution < -0.4 is 5.32 Å². The van der Waals surface area contributed by atoms with Gasteiger partial charge >= 0.3 is 6.18 Å². The van der Waals surface area contributed by atoms with Crippen molar-refractivity contribution in [2.75, 3.05) is 0 Å². The third-order valence-corrected chi connectivity index (χ3v) is 5.85. The lowest BCUT2D eigenvalue weighted by atomic mass is 9.76. The summed E-state index contributed by atoms with van der Waals surface area (Å²) in [5, 5.41) is 13.7. The number of amides is 1. The smallest absolute Gasteiger partial charge is 0.387 e. The normalized spacial score (nSPS) is 23.1. The fourth-order valence-corrected chi connectivity index (χ4v) is 3.99. The Labute approximate surface area is 180 Å². The van der Waals surface area contributed by atoms with Gasteiger partial charge in [-0.05, 0) is 43.4 Å². The first kappa shape index (κ1) is 22.8. The highest BCUT2D eigenvalue weighted by atomic mass is 35.5. The van der Waals surface area contributed by atoms with Gasteiger partial charge in [0.2, 0.25) is 0 Å². The zero-order valence-corrected chi connectivity index (χ0v) is 17.0. The molecule has 1 unspecified atom stereocenters. The van der Waals surface area contributed by atoms with Gasteiger partial charge in [0, 0.05) is 11.2 Å². The van der Waals surface area contributed by atoms with Crippen molar-refractivity contribution in [1.82, 2.24) is 10.3 Å². The van der Waals surface area contributed by atoms with Crippen LogP contribution in [0.5, 0.6) is 0 Å². The summed E-state index contributed by atoms with van der Waals surface area (Å²) in [5.41, 5.74) is -2.88. The van der Waals surface area contributed by atoms with E-state index in [1.54, 1.807) is 24.3 Å². The number of benzene rings is 1. The zero-order valence-electron chi connectivity index (χ0n) is 15.5. The molecule has 30 heavy (non-hydrogen) atoms. The van der Waals surface area contributed by atoms with Crippen LogP contribution >= 0.6 is 23.2 Å². The molecule has 1 aromatic heterocycles. The first-order valence-electron chi connectivity index (χ1n) is 9.16. The first-order valence-corrected chi connectivity index (χ1v) is 9.91. The number of halogens is 6. The fraction of sp³-hybridized carbons (Fsp3) is 0.400. The molecule has 1 amide bonds. The van der Waals surface area contributed by atoms with Gasteiger partial charge in [0.05, 0.1) is 22.2 Å². The maximum Gasteiger partial charge on any atom is 0.433 e. The largest absolute Gasteiger partial charge is 0.433 e. The van der Waals surface area contributed by atoms with Crippen LogP contribution in [0.1, 0.15) is 53.3 Å². The van der Waals surface area contributed by atoms with Gasteiger partial charge in [0.1, 0.15) is 11.9 Å². The summed E-state index contributed by atoms with van der Waals surface area (Å²) in [6.07, 6.45) is -4.84. The lowest BCUT2D eigenvalue weighted by Gasteiger charge is -2.41. The third kappa shape index (κ3) is 4.87. The number of rotatable bonds is 4. The van der Waals surface area contributed by atoms with Crippen molar-refractivity contribution in [1.29, 1.82) is 0 Å². The van der Waals surface area contributed by atoms with E-state index in [9.17, 15) is 27.5 Å². The Morgan fingerprint density at radius 3 is 2.43 bits per heavy atom. The molecule has 162 valence electrons. The van der Waals surface area contributed by atoms with Crippen LogP contribution in [0.2, 0.25) is 10.0 Å². The molecule has 1 aliphatic rings. The number of pyridine rings is 1. The molecule has 1 heterocycles. The van der Waals surface area contributed by atoms with Gasteiger partial charge in [-0.2, -0.15) is 13.2 Å². The van der Waals surface area contributed by atoms with Gasteiger partial charge < -0.3 is 10.4 Å². The molecule has 0 saturated heterocycles. The number of hydrogen-bond acceptors (Lipinski definition) is 3. The van der Waals surface area contributed by atoms with E-state index in [4.69, 9.17) is 23.2 Å². The summed E-state index contributed by atoms with van der Waals surface area (Å²) in [4.78, 5) is 16.1. The molecule has 10 heteroatoms. The number of aliphatic hydroxyl groups is 1. The number of nitrogens with one attached hydrogen (secondary N) is 1. The molecule has 2 aromatic rings. The number of nitrogens with zero attached hydrogens (tertiary/aromatic N) is 1. The standard InChI is InChI=1S/C20H18Cl2F4N2O2/c21-14-4-2-1-3-12(14)17(19(30)7-5-11(23)6-8-19)28-18(29)13-9-16(20(24,25)26)27-10-15(13)22/h1-4,9-11,17,30H,5-8H2,(H,28,29). The molecule has 1 saturated carbocycles. The Hall–Kier alpha value is -1.90. The average molecular weight is 465 g/mol. The van der Waals surface area contributed by atoms with Gasteiger partial charge in [0.15, 0.2) is 0 Å². The van der Waals surface area contributed by atoms with Gasteiger partial charge in [-0.15, -0.1) is 0 Å². The van der Waals surface area contributed by atoms with Gasteiger partial charge in [-0.1, -0.05) is 41.4 Å². The number of hydrogen-bond donors (Lipinski definition) is 2. The lowest BCUT2D eigenvalue weighted by molar-refractivity contribution is -0.141. The second kappa shape index (κ2) is 8.69. The summed E-state index contributed by atoms with van der Waals surface area (Å²) in [7, 11) is 0. The van der Waals surface area contributed by atoms with Crippen LogP contribution in [-0.4, -0.2) is 27.8 Å². The van der Waals surface area contributed by atoms with E-state index in [1.165, 1.54) is 0 Å². The number of alkyl halides is 4. The Morgan fingerprint density at radius 2 is 1.83 bits per heavy atom. The van der Waals surface area contributed by atoms with E-state index in [-0.39, 0.29) is 35.7 Å². The van der Waals surface area contributed by atoms with E-state index in [0.717, 1.165) is 6.20 Å². The van der Waals surface area contributed by atoms with Gasteiger partial charge in [-0.25, -0.2) is 4.39 Å². The van der Waals surface area contributed by atoms with E-state index < -0.39 is 41.2 Å². The second-order valence-corrected chi connectivity index (χ2v) is 8.07. The average Bonchev–Trinajstić information content (AvgIpc) is 2.68. The molecular weight excluding hydrogens is 447 g/mol. The SMILES string of the molecule is O=C(NC(c1ccccc1Cl)C1(O)CCC(F)CC1)c1cc(C(F)(F)F)ncc1Cl. The molecule has 1 aromatic carbocycles. The minimum Gasteiger partial charge on any atom is -0.387 e. The molecule has 1 aliphatic carbocycles. The van der Waals surface area contributed by atoms with E-state index in [1.807, 2.05) is 0 Å². The summed E-state index contributed by atoms with van der Waals surface area (Å²) < 4.78 is 52.7. The number of aromatic nitrogens is 1. The minimum atomic E-state index is -4.76. The number of carbonyl (C=O) groups excluding carboxylic acids is 1. The Balaban J connectivity index is 1.98. The summed E-state index contributed by atoms with van der Waals surface area (Å²) >= 11 is 12.2. The van der Waals surface area contributed by atoms with Crippen LogP contribution in [0.15, 0.2) is 36.5 Å². The quantitative estimate of drug-likeness (QED) is 0.585. The maximum absolute atomic E-state index is 13.7. The van der Waals surface area contributed by atoms with Crippen LogP contribution in [0.4, 0.5) is 17.6 Å². The van der Waals surface area contributed by atoms with Gasteiger partial charge in [-0.3, -0.25) is 9.78 Å². The highest BCUT2D eigenvalue weighted by Gasteiger charge is 2.43. The Morgan fingerprint density at radius 1 is 1.20 bits per heavy atom. The molecule has 1 atom stereocenters. The lowest BCUT2D eigenvalue weighted by Crippen LogP contribution is -2.48. The first-order chi connectivity index (χ1) is 14.0. The fourth-order valence-electron chi connectivity index (χ4n) is 3.56. The van der Waals surface area contributed by atoms with E-state index in [2.05, 4.69) is 10.3 Å². The molecule has 0 radical (unpaired) electrons. The van der Waals surface area contributed by atoms with Crippen molar-refractivity contribution < 1.29 is 27.5 Å². The molecule has 4 nitrogen and oxygen atoms in total. The van der Waals surface area contributed by atoms with E-state index >= 15 is 0 Å². The predicted molar refractivity (Wildman–Crippen MR) is 104 cm³/mol. The van der Waals surface area contributed by atoms with Crippen molar-refractivity contribution in [2.24, 2.45) is 0 Å². The van der Waals surface area contributed by atoms with E-state index in [0.29, 0.717) is 11.6 Å². The molecular formula is C20H18Cl2F4N2O2. The summed E-state index contributed by atoms with van der Waals surface area (Å²) in [5.74, 6) is -0.936.